The number of aliphatic hydroxyl groups excluding tert-OH is 1. The summed E-state index contributed by atoms with van der Waals surface area (Å²) >= 11 is 0. The van der Waals surface area contributed by atoms with Crippen molar-refractivity contribution >= 4 is 0 Å². The first-order chi connectivity index (χ1) is 3.77. The van der Waals surface area contributed by atoms with Crippen molar-refractivity contribution in [2.45, 2.75) is 6.29 Å². The first kappa shape index (κ1) is 7.84. The Morgan fingerprint density at radius 3 is 2.50 bits per heavy atom. The molecule has 0 saturated carbocycles. The number of aliphatic hydroxyl groups is 2. The van der Waals surface area contributed by atoms with E-state index in [1.807, 2.05) is 0 Å². The summed E-state index contributed by atoms with van der Waals surface area (Å²) in [6.07, 6.45) is -1.23. The molecule has 4 heteroatoms. The summed E-state index contributed by atoms with van der Waals surface area (Å²) in [5.74, 6) is 0. The maximum atomic E-state index is 8.25. The monoisotopic (exact) mass is 121 g/mol. The number of quaternary nitrogens is 1. The van der Waals surface area contributed by atoms with Crippen LogP contribution in [0.25, 0.3) is 0 Å². The van der Waals surface area contributed by atoms with E-state index in [-0.39, 0.29) is 6.54 Å². The van der Waals surface area contributed by atoms with Crippen LogP contribution in [-0.2, 0) is 0 Å². The molecule has 0 amide bonds. The van der Waals surface area contributed by atoms with Crippen molar-refractivity contribution < 1.29 is 15.9 Å². The molecular weight excluding hydrogens is 108 g/mol. The van der Waals surface area contributed by atoms with Gasteiger partial charge in [-0.2, -0.15) is 0 Å². The van der Waals surface area contributed by atoms with Crippen molar-refractivity contribution in [2.75, 3.05) is 19.6 Å². The van der Waals surface area contributed by atoms with Gasteiger partial charge < -0.3 is 21.3 Å². The third kappa shape index (κ3) is 5.84. The van der Waals surface area contributed by atoms with E-state index in [0.717, 1.165) is 13.1 Å². The first-order valence-electron chi connectivity index (χ1n) is 2.63. The fourth-order valence-corrected chi connectivity index (χ4v) is 0.356. The van der Waals surface area contributed by atoms with E-state index in [9.17, 15) is 0 Å². The molecule has 50 valence electrons. The van der Waals surface area contributed by atoms with E-state index in [0.29, 0.717) is 0 Å². The fraction of sp³-hybridized carbons (Fsp3) is 1.00. The topological polar surface area (TPSA) is 80.1 Å². The van der Waals surface area contributed by atoms with Crippen molar-refractivity contribution in [2.24, 2.45) is 0 Å². The average Bonchev–Trinajstić information content (AvgIpc) is 1.66. The van der Waals surface area contributed by atoms with E-state index in [2.05, 4.69) is 11.1 Å². The Labute approximate surface area is 48.3 Å². The van der Waals surface area contributed by atoms with Gasteiger partial charge in [-0.3, -0.25) is 0 Å². The predicted molar refractivity (Wildman–Crippen MR) is 28.9 cm³/mol. The van der Waals surface area contributed by atoms with Gasteiger partial charge in [0.2, 0.25) is 0 Å². The standard InChI is InChI=1S/C4H12N2O2/c5-1-2-6-3-4(7)8/h4,6-8H,1-3,5H2/p+1. The highest BCUT2D eigenvalue weighted by molar-refractivity contribution is 4.43. The number of nitrogens with one attached hydrogen (secondary N) is 1. The van der Waals surface area contributed by atoms with E-state index >= 15 is 0 Å². The molecule has 8 heavy (non-hydrogen) atoms. The lowest BCUT2D eigenvalue weighted by Crippen LogP contribution is -2.54. The lowest BCUT2D eigenvalue weighted by molar-refractivity contribution is -0.365. The zero-order chi connectivity index (χ0) is 6.41. The van der Waals surface area contributed by atoms with Gasteiger partial charge in [0.1, 0.15) is 0 Å². The molecule has 6 N–H and O–H groups in total. The van der Waals surface area contributed by atoms with Crippen LogP contribution in [0.3, 0.4) is 0 Å². The third-order valence-electron chi connectivity index (χ3n) is 0.680. The quantitative estimate of drug-likeness (QED) is 0.238. The summed E-state index contributed by atoms with van der Waals surface area (Å²) in [6.45, 7) is 1.74. The van der Waals surface area contributed by atoms with Crippen LogP contribution in [0, 0.1) is 0 Å². The molecule has 0 aromatic rings. The average molecular weight is 121 g/mol. The number of rotatable bonds is 4. The van der Waals surface area contributed by atoms with Crippen LogP contribution < -0.4 is 11.1 Å². The highest BCUT2D eigenvalue weighted by Crippen LogP contribution is 1.66. The van der Waals surface area contributed by atoms with Crippen molar-refractivity contribution in [1.29, 1.82) is 0 Å². The van der Waals surface area contributed by atoms with Crippen molar-refractivity contribution in [3.05, 3.63) is 0 Å². The molecule has 0 aromatic carbocycles. The van der Waals surface area contributed by atoms with Gasteiger partial charge in [-0.25, -0.2) is 0 Å². The predicted octanol–water partition coefficient (Wildman–Crippen LogP) is -2.87. The second-order valence-corrected chi connectivity index (χ2v) is 1.54. The van der Waals surface area contributed by atoms with Crippen LogP contribution in [-0.4, -0.2) is 36.1 Å². The highest BCUT2D eigenvalue weighted by Gasteiger charge is 1.92. The molecule has 0 spiro atoms. The number of hydrogen-bond acceptors (Lipinski definition) is 3. The minimum atomic E-state index is -1.23. The molecule has 0 saturated heterocycles. The molecule has 0 aliphatic carbocycles. The maximum absolute atomic E-state index is 8.25. The molecule has 0 aliphatic heterocycles. The smallest absolute Gasteiger partial charge is 0.164 e. The molecule has 0 radical (unpaired) electrons. The molecule has 0 rings (SSSR count). The lowest BCUT2D eigenvalue weighted by atomic mass is 10.5. The molecule has 0 unspecified atom stereocenters. The van der Waals surface area contributed by atoms with Crippen molar-refractivity contribution in [3.63, 3.8) is 0 Å². The molecule has 4 nitrogen and oxygen atoms in total. The van der Waals surface area contributed by atoms with Crippen molar-refractivity contribution in [3.8, 4) is 0 Å². The van der Waals surface area contributed by atoms with Gasteiger partial charge in [-0.05, 0) is 0 Å². The Kier molecular flexibility index (Phi) is 4.89. The van der Waals surface area contributed by atoms with Gasteiger partial charge in [-0.15, -0.1) is 0 Å². The summed E-state index contributed by atoms with van der Waals surface area (Å²) in [7, 11) is 0. The van der Waals surface area contributed by atoms with Gasteiger partial charge in [0, 0.05) is 13.1 Å². The molecule has 0 fully saturated rings. The highest BCUT2D eigenvalue weighted by atomic mass is 16.5. The summed E-state index contributed by atoms with van der Waals surface area (Å²) in [5, 5.41) is 19.3. The van der Waals surface area contributed by atoms with Crippen LogP contribution in [0.1, 0.15) is 0 Å². The minimum absolute atomic E-state index is 0.232. The zero-order valence-corrected chi connectivity index (χ0v) is 4.80. The van der Waals surface area contributed by atoms with Crippen LogP contribution >= 0.6 is 0 Å². The second-order valence-electron chi connectivity index (χ2n) is 1.54. The first-order valence-corrected chi connectivity index (χ1v) is 2.63. The van der Waals surface area contributed by atoms with Crippen LogP contribution in [0.4, 0.5) is 0 Å². The van der Waals surface area contributed by atoms with Crippen LogP contribution in [0.2, 0.25) is 0 Å². The summed E-state index contributed by atoms with van der Waals surface area (Å²) < 4.78 is 0. The normalized spacial score (nSPS) is 10.5. The Balaban J connectivity index is 2.72. The summed E-state index contributed by atoms with van der Waals surface area (Å²) in [5.41, 5.74) is 3.56. The van der Waals surface area contributed by atoms with Crippen molar-refractivity contribution in [1.82, 2.24) is 5.32 Å². The molecule has 0 heterocycles. The summed E-state index contributed by atoms with van der Waals surface area (Å²) in [4.78, 5) is 0. The van der Waals surface area contributed by atoms with Gasteiger partial charge in [-0.1, -0.05) is 0 Å². The van der Waals surface area contributed by atoms with Crippen LogP contribution in [0.5, 0.6) is 0 Å². The van der Waals surface area contributed by atoms with Gasteiger partial charge >= 0.3 is 0 Å². The minimum Gasteiger partial charge on any atom is -0.367 e. The fourth-order valence-electron chi connectivity index (χ4n) is 0.356. The molecule has 0 atom stereocenters. The van der Waals surface area contributed by atoms with Gasteiger partial charge in [0.05, 0.1) is 6.54 Å². The van der Waals surface area contributed by atoms with E-state index < -0.39 is 6.29 Å². The lowest BCUT2D eigenvalue weighted by Gasteiger charge is -2.01. The molecular formula is C4H13N2O2+. The third-order valence-corrected chi connectivity index (χ3v) is 0.680. The maximum Gasteiger partial charge on any atom is 0.164 e. The Hall–Kier alpha value is -0.160. The number of hydrogen-bond donors (Lipinski definition) is 4. The van der Waals surface area contributed by atoms with Crippen LogP contribution in [0.15, 0.2) is 0 Å². The zero-order valence-electron chi connectivity index (χ0n) is 4.80. The Bertz CT molecular complexity index is 49.3. The Morgan fingerprint density at radius 2 is 2.12 bits per heavy atom. The molecule has 0 aliphatic rings. The Morgan fingerprint density at radius 1 is 1.50 bits per heavy atom. The SMILES string of the molecule is [NH3+]CCNCC(O)O. The molecule has 0 aromatic heterocycles. The molecule has 0 bridgehead atoms. The van der Waals surface area contributed by atoms with E-state index in [4.69, 9.17) is 10.2 Å². The van der Waals surface area contributed by atoms with Gasteiger partial charge in [0.15, 0.2) is 6.29 Å². The largest absolute Gasteiger partial charge is 0.367 e. The van der Waals surface area contributed by atoms with Gasteiger partial charge in [0.25, 0.3) is 0 Å². The second kappa shape index (κ2) is 4.99. The van der Waals surface area contributed by atoms with E-state index in [1.165, 1.54) is 0 Å². The summed E-state index contributed by atoms with van der Waals surface area (Å²) in [6, 6.07) is 0. The van der Waals surface area contributed by atoms with E-state index in [1.54, 1.807) is 0 Å².